The predicted octanol–water partition coefficient (Wildman–Crippen LogP) is 2.57. The molecule has 0 amide bonds. The topological polar surface area (TPSA) is 36.3 Å². The molecule has 1 aliphatic rings. The summed E-state index contributed by atoms with van der Waals surface area (Å²) in [7, 11) is 1.72. The van der Waals surface area contributed by atoms with Gasteiger partial charge in [0.25, 0.3) is 0 Å². The molecule has 1 heterocycles. The maximum absolute atomic E-state index is 9.28. The van der Waals surface area contributed by atoms with Crippen molar-refractivity contribution in [1.82, 2.24) is 4.90 Å². The number of rotatable bonds is 4. The summed E-state index contributed by atoms with van der Waals surface area (Å²) in [4.78, 5) is 2.33. The van der Waals surface area contributed by atoms with E-state index in [4.69, 9.17) is 4.74 Å². The molecule has 0 aromatic carbocycles. The van der Waals surface area contributed by atoms with Crippen LogP contribution in [0, 0.1) is 11.3 Å². The van der Waals surface area contributed by atoms with Crippen molar-refractivity contribution in [2.24, 2.45) is 0 Å². The number of ether oxygens (including phenoxy) is 1. The summed E-state index contributed by atoms with van der Waals surface area (Å²) in [5.74, 6) is 0. The Balaban J connectivity index is 2.55. The molecule has 1 rings (SSSR count). The zero-order valence-corrected chi connectivity index (χ0v) is 10.8. The molecule has 0 saturated carbocycles. The average molecular weight is 224 g/mol. The van der Waals surface area contributed by atoms with Crippen LogP contribution in [0.25, 0.3) is 0 Å². The van der Waals surface area contributed by atoms with Gasteiger partial charge in [-0.05, 0) is 39.8 Å². The van der Waals surface area contributed by atoms with Gasteiger partial charge in [-0.2, -0.15) is 5.26 Å². The molecule has 3 nitrogen and oxygen atoms in total. The van der Waals surface area contributed by atoms with Crippen LogP contribution < -0.4 is 0 Å². The van der Waals surface area contributed by atoms with E-state index < -0.39 is 0 Å². The van der Waals surface area contributed by atoms with Gasteiger partial charge in [0.1, 0.15) is 6.04 Å². The zero-order valence-electron chi connectivity index (χ0n) is 10.8. The van der Waals surface area contributed by atoms with Crippen LogP contribution >= 0.6 is 0 Å². The Hall–Kier alpha value is -0.590. The van der Waals surface area contributed by atoms with Gasteiger partial charge in [0.05, 0.1) is 11.7 Å². The lowest BCUT2D eigenvalue weighted by Crippen LogP contribution is -2.40. The second-order valence-electron chi connectivity index (χ2n) is 5.26. The molecule has 0 spiro atoms. The molecule has 92 valence electrons. The van der Waals surface area contributed by atoms with Crippen LogP contribution in [-0.2, 0) is 4.74 Å². The molecular weight excluding hydrogens is 200 g/mol. The van der Waals surface area contributed by atoms with E-state index in [1.807, 2.05) is 0 Å². The number of methoxy groups -OCH3 is 1. The molecule has 0 aromatic heterocycles. The number of nitriles is 1. The lowest BCUT2D eigenvalue weighted by Gasteiger charge is -2.31. The van der Waals surface area contributed by atoms with Crippen molar-refractivity contribution in [3.63, 3.8) is 0 Å². The van der Waals surface area contributed by atoms with Crippen LogP contribution in [0.3, 0.4) is 0 Å². The van der Waals surface area contributed by atoms with Crippen LogP contribution in [-0.4, -0.2) is 36.7 Å². The lowest BCUT2D eigenvalue weighted by molar-refractivity contribution is -0.000720. The van der Waals surface area contributed by atoms with E-state index in [9.17, 15) is 5.26 Å². The van der Waals surface area contributed by atoms with E-state index in [0.29, 0.717) is 0 Å². The zero-order chi connectivity index (χ0) is 12.0. The largest absolute Gasteiger partial charge is 0.379 e. The van der Waals surface area contributed by atoms with Crippen molar-refractivity contribution >= 4 is 0 Å². The van der Waals surface area contributed by atoms with E-state index in [2.05, 4.69) is 24.8 Å². The van der Waals surface area contributed by atoms with Gasteiger partial charge in [0.15, 0.2) is 0 Å². The molecule has 1 saturated heterocycles. The Morgan fingerprint density at radius 3 is 2.25 bits per heavy atom. The van der Waals surface area contributed by atoms with E-state index in [-0.39, 0.29) is 11.6 Å². The highest BCUT2D eigenvalue weighted by Crippen LogP contribution is 2.21. The normalized spacial score (nSPS) is 21.1. The summed E-state index contributed by atoms with van der Waals surface area (Å²) in [6, 6.07) is 2.44. The van der Waals surface area contributed by atoms with E-state index >= 15 is 0 Å². The summed E-state index contributed by atoms with van der Waals surface area (Å²) in [6.07, 6.45) is 5.86. The molecule has 3 heteroatoms. The van der Waals surface area contributed by atoms with Crippen molar-refractivity contribution in [2.75, 3.05) is 20.2 Å². The number of likely N-dealkylation sites (tertiary alicyclic amines) is 1. The van der Waals surface area contributed by atoms with Crippen molar-refractivity contribution in [2.45, 2.75) is 57.6 Å². The quantitative estimate of drug-likeness (QED) is 0.736. The summed E-state index contributed by atoms with van der Waals surface area (Å²) < 4.78 is 5.41. The minimum atomic E-state index is -0.202. The monoisotopic (exact) mass is 224 g/mol. The maximum Gasteiger partial charge on any atom is 0.100 e. The lowest BCUT2D eigenvalue weighted by atomic mass is 9.98. The summed E-state index contributed by atoms with van der Waals surface area (Å²) in [5.41, 5.74) is -0.202. The SMILES string of the molecule is COC(C)(C)CC(C#N)N1CCCCCC1. The fraction of sp³-hybridized carbons (Fsp3) is 0.923. The summed E-state index contributed by atoms with van der Waals surface area (Å²) >= 11 is 0. The van der Waals surface area contributed by atoms with Crippen molar-refractivity contribution < 1.29 is 4.74 Å². The smallest absolute Gasteiger partial charge is 0.100 e. The molecule has 1 aliphatic heterocycles. The van der Waals surface area contributed by atoms with Gasteiger partial charge in [-0.15, -0.1) is 0 Å². The molecule has 0 N–H and O–H groups in total. The third kappa shape index (κ3) is 4.11. The first-order chi connectivity index (χ1) is 7.59. The van der Waals surface area contributed by atoms with Gasteiger partial charge in [-0.3, -0.25) is 4.90 Å². The van der Waals surface area contributed by atoms with E-state index in [1.54, 1.807) is 7.11 Å². The van der Waals surface area contributed by atoms with Crippen molar-refractivity contribution in [3.05, 3.63) is 0 Å². The number of hydrogen-bond donors (Lipinski definition) is 0. The third-order valence-corrected chi connectivity index (χ3v) is 3.47. The second-order valence-corrected chi connectivity index (χ2v) is 5.26. The highest BCUT2D eigenvalue weighted by atomic mass is 16.5. The Labute approximate surface area is 99.4 Å². The summed E-state index contributed by atoms with van der Waals surface area (Å²) in [5, 5.41) is 9.28. The van der Waals surface area contributed by atoms with E-state index in [0.717, 1.165) is 19.5 Å². The van der Waals surface area contributed by atoms with Crippen molar-refractivity contribution in [1.29, 1.82) is 5.26 Å². The molecule has 1 unspecified atom stereocenters. The summed E-state index contributed by atoms with van der Waals surface area (Å²) in [6.45, 7) is 6.24. The van der Waals surface area contributed by atoms with Gasteiger partial charge in [0.2, 0.25) is 0 Å². The molecule has 0 aromatic rings. The van der Waals surface area contributed by atoms with Crippen LogP contribution in [0.15, 0.2) is 0 Å². The van der Waals surface area contributed by atoms with Gasteiger partial charge in [-0.1, -0.05) is 12.8 Å². The molecule has 0 radical (unpaired) electrons. The van der Waals surface area contributed by atoms with Crippen LogP contribution in [0.4, 0.5) is 0 Å². The molecule has 16 heavy (non-hydrogen) atoms. The third-order valence-electron chi connectivity index (χ3n) is 3.47. The predicted molar refractivity (Wildman–Crippen MR) is 65.1 cm³/mol. The van der Waals surface area contributed by atoms with Crippen molar-refractivity contribution in [3.8, 4) is 6.07 Å². The molecule has 1 atom stereocenters. The first-order valence-corrected chi connectivity index (χ1v) is 6.28. The maximum atomic E-state index is 9.28. The first kappa shape index (κ1) is 13.5. The van der Waals surface area contributed by atoms with Crippen LogP contribution in [0.1, 0.15) is 46.0 Å². The van der Waals surface area contributed by atoms with Crippen LogP contribution in [0.2, 0.25) is 0 Å². The van der Waals surface area contributed by atoms with E-state index in [1.165, 1.54) is 25.7 Å². The Kier molecular flexibility index (Phi) is 5.24. The Morgan fingerprint density at radius 1 is 1.25 bits per heavy atom. The Morgan fingerprint density at radius 2 is 1.81 bits per heavy atom. The minimum absolute atomic E-state index is 0.00745. The number of hydrogen-bond acceptors (Lipinski definition) is 3. The van der Waals surface area contributed by atoms with Gasteiger partial charge in [0, 0.05) is 13.5 Å². The number of nitrogens with zero attached hydrogens (tertiary/aromatic N) is 2. The van der Waals surface area contributed by atoms with Crippen LogP contribution in [0.5, 0.6) is 0 Å². The van der Waals surface area contributed by atoms with Gasteiger partial charge in [-0.25, -0.2) is 0 Å². The van der Waals surface area contributed by atoms with Gasteiger partial charge < -0.3 is 4.74 Å². The Bertz CT molecular complexity index is 237. The van der Waals surface area contributed by atoms with Gasteiger partial charge >= 0.3 is 0 Å². The second kappa shape index (κ2) is 6.22. The fourth-order valence-corrected chi connectivity index (χ4v) is 2.21. The molecular formula is C13H24N2O. The first-order valence-electron chi connectivity index (χ1n) is 6.28. The standard InChI is InChI=1S/C13H24N2O/c1-13(2,16-3)10-12(11-14)15-8-6-4-5-7-9-15/h12H,4-10H2,1-3H3. The molecule has 1 fully saturated rings. The average Bonchev–Trinajstić information content (AvgIpc) is 2.54. The fourth-order valence-electron chi connectivity index (χ4n) is 2.21. The highest BCUT2D eigenvalue weighted by Gasteiger charge is 2.27. The molecule has 0 bridgehead atoms. The molecule has 0 aliphatic carbocycles. The minimum Gasteiger partial charge on any atom is -0.379 e. The highest BCUT2D eigenvalue weighted by molar-refractivity contribution is 4.96.